The van der Waals surface area contributed by atoms with Gasteiger partial charge in [0.05, 0.1) is 0 Å². The number of benzene rings is 1. The van der Waals surface area contributed by atoms with Crippen LogP contribution in [0.25, 0.3) is 10.9 Å². The second kappa shape index (κ2) is 3.36. The van der Waals surface area contributed by atoms with Crippen molar-refractivity contribution in [1.82, 2.24) is 4.57 Å². The molecule has 17 heavy (non-hydrogen) atoms. The lowest BCUT2D eigenvalue weighted by Crippen LogP contribution is -2.42. The average Bonchev–Trinajstić information content (AvgIpc) is 2.68. The molecule has 1 aromatic heterocycles. The summed E-state index contributed by atoms with van der Waals surface area (Å²) in [6, 6.07) is 10.1. The van der Waals surface area contributed by atoms with Crippen LogP contribution in [0.3, 0.4) is 0 Å². The molecule has 2 heterocycles. The molecule has 0 saturated heterocycles. The minimum atomic E-state index is -0.795. The number of carbonyl (C=O) groups is 1. The fourth-order valence-corrected chi connectivity index (χ4v) is 2.91. The lowest BCUT2D eigenvalue weighted by molar-refractivity contribution is -0.147. The number of aromatic nitrogens is 1. The number of carboxylic acid groups (broad SMARTS) is 1. The van der Waals surface area contributed by atoms with E-state index in [9.17, 15) is 9.90 Å². The van der Waals surface area contributed by atoms with Crippen LogP contribution >= 0.6 is 0 Å². The van der Waals surface area contributed by atoms with Gasteiger partial charge in [-0.15, -0.1) is 0 Å². The number of para-hydroxylation sites is 1. The van der Waals surface area contributed by atoms with Gasteiger partial charge in [0.1, 0.15) is 5.54 Å². The van der Waals surface area contributed by atoms with Gasteiger partial charge < -0.3 is 9.67 Å². The zero-order valence-electron chi connectivity index (χ0n) is 9.81. The molecule has 0 spiro atoms. The van der Waals surface area contributed by atoms with E-state index in [-0.39, 0.29) is 0 Å². The second-order valence-corrected chi connectivity index (χ2v) is 4.96. The summed E-state index contributed by atoms with van der Waals surface area (Å²) < 4.78 is 2.01. The maximum atomic E-state index is 11.6. The van der Waals surface area contributed by atoms with Crippen molar-refractivity contribution in [3.8, 4) is 0 Å². The van der Waals surface area contributed by atoms with E-state index < -0.39 is 11.5 Å². The minimum absolute atomic E-state index is 0.702. The van der Waals surface area contributed by atoms with Crippen LogP contribution in [0.2, 0.25) is 0 Å². The van der Waals surface area contributed by atoms with Gasteiger partial charge in [-0.2, -0.15) is 0 Å². The van der Waals surface area contributed by atoms with E-state index in [1.807, 2.05) is 35.8 Å². The number of rotatable bonds is 1. The van der Waals surface area contributed by atoms with Crippen molar-refractivity contribution in [2.75, 3.05) is 0 Å². The number of hydrogen-bond acceptors (Lipinski definition) is 1. The molecule has 1 N–H and O–H groups in total. The number of aryl methyl sites for hydroxylation is 1. The van der Waals surface area contributed by atoms with Crippen molar-refractivity contribution in [2.24, 2.45) is 0 Å². The fraction of sp³-hybridized carbons (Fsp3) is 0.357. The fourth-order valence-electron chi connectivity index (χ4n) is 2.91. The molecule has 1 atom stereocenters. The van der Waals surface area contributed by atoms with E-state index in [1.165, 1.54) is 0 Å². The van der Waals surface area contributed by atoms with Gasteiger partial charge in [-0.3, -0.25) is 0 Å². The Morgan fingerprint density at radius 2 is 2.18 bits per heavy atom. The first-order valence-electron chi connectivity index (χ1n) is 5.96. The van der Waals surface area contributed by atoms with Crippen molar-refractivity contribution in [3.63, 3.8) is 0 Å². The molecule has 1 unspecified atom stereocenters. The van der Waals surface area contributed by atoms with E-state index in [0.717, 1.165) is 29.4 Å². The zero-order chi connectivity index (χ0) is 12.0. The van der Waals surface area contributed by atoms with E-state index >= 15 is 0 Å². The second-order valence-electron chi connectivity index (χ2n) is 4.96. The molecule has 1 aliphatic heterocycles. The Labute approximate surface area is 99.7 Å². The molecular formula is C14H15NO2. The third-order valence-electron chi connectivity index (χ3n) is 3.84. The summed E-state index contributed by atoms with van der Waals surface area (Å²) >= 11 is 0. The van der Waals surface area contributed by atoms with E-state index in [0.29, 0.717) is 6.42 Å². The predicted molar refractivity (Wildman–Crippen MR) is 66.2 cm³/mol. The summed E-state index contributed by atoms with van der Waals surface area (Å²) in [7, 11) is 0. The highest BCUT2D eigenvalue weighted by Gasteiger charge is 2.39. The first-order chi connectivity index (χ1) is 8.13. The summed E-state index contributed by atoms with van der Waals surface area (Å²) in [5.41, 5.74) is 1.38. The highest BCUT2D eigenvalue weighted by atomic mass is 16.4. The summed E-state index contributed by atoms with van der Waals surface area (Å²) in [5.74, 6) is -0.736. The van der Waals surface area contributed by atoms with Crippen LogP contribution in [-0.4, -0.2) is 15.6 Å². The van der Waals surface area contributed by atoms with Gasteiger partial charge in [0.2, 0.25) is 0 Å². The Balaban J connectivity index is 2.35. The van der Waals surface area contributed by atoms with Crippen LogP contribution in [0.15, 0.2) is 30.3 Å². The Kier molecular flexibility index (Phi) is 2.05. The van der Waals surface area contributed by atoms with Crippen molar-refractivity contribution in [1.29, 1.82) is 0 Å². The maximum absolute atomic E-state index is 11.6. The first-order valence-corrected chi connectivity index (χ1v) is 5.96. The van der Waals surface area contributed by atoms with Crippen molar-refractivity contribution in [3.05, 3.63) is 36.0 Å². The molecule has 88 valence electrons. The molecule has 2 aromatic rings. The normalized spacial score (nSPS) is 23.6. The Hall–Kier alpha value is -1.77. The molecule has 0 radical (unpaired) electrons. The summed E-state index contributed by atoms with van der Waals surface area (Å²) in [5, 5.41) is 10.6. The Morgan fingerprint density at radius 3 is 2.94 bits per heavy atom. The highest BCUT2D eigenvalue weighted by molar-refractivity contribution is 5.86. The van der Waals surface area contributed by atoms with Crippen LogP contribution < -0.4 is 0 Å². The summed E-state index contributed by atoms with van der Waals surface area (Å²) in [6.45, 7) is 1.82. The topological polar surface area (TPSA) is 42.2 Å². The van der Waals surface area contributed by atoms with E-state index in [1.54, 1.807) is 0 Å². The maximum Gasteiger partial charge on any atom is 0.329 e. The number of hydrogen-bond donors (Lipinski definition) is 1. The molecule has 1 aliphatic rings. The zero-order valence-corrected chi connectivity index (χ0v) is 9.81. The summed E-state index contributed by atoms with van der Waals surface area (Å²) in [6.07, 6.45) is 2.62. The molecule has 3 nitrogen and oxygen atoms in total. The van der Waals surface area contributed by atoms with E-state index in [2.05, 4.69) is 6.07 Å². The van der Waals surface area contributed by atoms with Gasteiger partial charge in [0.25, 0.3) is 0 Å². The number of aliphatic carboxylic acids is 1. The molecule has 0 aliphatic carbocycles. The van der Waals surface area contributed by atoms with Crippen molar-refractivity contribution < 1.29 is 9.90 Å². The standard InChI is InChI=1S/C14H15NO2/c1-14(13(16)17)8-4-6-11-9-10-5-2-3-7-12(10)15(11)14/h2-3,5,7,9H,4,6,8H2,1H3,(H,16,17). The largest absolute Gasteiger partial charge is 0.479 e. The van der Waals surface area contributed by atoms with Gasteiger partial charge in [0, 0.05) is 11.2 Å². The molecule has 0 saturated carbocycles. The number of fused-ring (bicyclic) bond motifs is 3. The molecule has 1 aromatic carbocycles. The lowest BCUT2D eigenvalue weighted by Gasteiger charge is -2.33. The Morgan fingerprint density at radius 1 is 1.41 bits per heavy atom. The molecule has 3 heteroatoms. The van der Waals surface area contributed by atoms with Crippen LogP contribution in [-0.2, 0) is 16.8 Å². The SMILES string of the molecule is CC1(C(=O)O)CCCc2cc3ccccc3n21. The van der Waals surface area contributed by atoms with Crippen molar-refractivity contribution in [2.45, 2.75) is 31.7 Å². The quantitative estimate of drug-likeness (QED) is 0.817. The predicted octanol–water partition coefficient (Wildman–Crippen LogP) is 2.78. The highest BCUT2D eigenvalue weighted by Crippen LogP contribution is 2.36. The first kappa shape index (κ1) is 10.4. The van der Waals surface area contributed by atoms with Gasteiger partial charge in [0.15, 0.2) is 0 Å². The van der Waals surface area contributed by atoms with E-state index in [4.69, 9.17) is 0 Å². The smallest absolute Gasteiger partial charge is 0.329 e. The Bertz CT molecular complexity index is 599. The van der Waals surface area contributed by atoms with Crippen LogP contribution in [0, 0.1) is 0 Å². The monoisotopic (exact) mass is 229 g/mol. The summed E-state index contributed by atoms with van der Waals surface area (Å²) in [4.78, 5) is 11.6. The van der Waals surface area contributed by atoms with Crippen molar-refractivity contribution >= 4 is 16.9 Å². The average molecular weight is 229 g/mol. The molecule has 0 bridgehead atoms. The van der Waals surface area contributed by atoms with Gasteiger partial charge >= 0.3 is 5.97 Å². The van der Waals surface area contributed by atoms with Crippen LogP contribution in [0.4, 0.5) is 0 Å². The van der Waals surface area contributed by atoms with Gasteiger partial charge in [-0.1, -0.05) is 18.2 Å². The third kappa shape index (κ3) is 1.32. The van der Waals surface area contributed by atoms with Gasteiger partial charge in [-0.25, -0.2) is 4.79 Å². The van der Waals surface area contributed by atoms with Gasteiger partial charge in [-0.05, 0) is 43.7 Å². The molecule has 0 amide bonds. The van der Waals surface area contributed by atoms with Crippen LogP contribution in [0.5, 0.6) is 0 Å². The van der Waals surface area contributed by atoms with Crippen LogP contribution in [0.1, 0.15) is 25.5 Å². The third-order valence-corrected chi connectivity index (χ3v) is 3.84. The number of carboxylic acids is 1. The molecule has 3 rings (SSSR count). The molecule has 0 fully saturated rings. The minimum Gasteiger partial charge on any atom is -0.479 e. The molecular weight excluding hydrogens is 214 g/mol. The lowest BCUT2D eigenvalue weighted by atomic mass is 9.90. The number of nitrogens with zero attached hydrogens (tertiary/aromatic N) is 1.